The van der Waals surface area contributed by atoms with Gasteiger partial charge in [-0.05, 0) is 25.0 Å². The maximum absolute atomic E-state index is 12.1. The van der Waals surface area contributed by atoms with Crippen LogP contribution < -0.4 is 25.0 Å². The molecule has 2 N–H and O–H groups in total. The summed E-state index contributed by atoms with van der Waals surface area (Å²) in [7, 11) is 3.12. The van der Waals surface area contributed by atoms with Crippen molar-refractivity contribution in [3.8, 4) is 11.5 Å². The van der Waals surface area contributed by atoms with Crippen LogP contribution in [0.4, 0.5) is 10.5 Å². The molecular weight excluding hydrogens is 334 g/mol. The Morgan fingerprint density at radius 3 is 2.50 bits per heavy atom. The molecule has 0 atom stereocenters. The molecule has 0 radical (unpaired) electrons. The Bertz CT molecular complexity index is 615. The van der Waals surface area contributed by atoms with E-state index < -0.39 is 0 Å². The molecule has 1 aromatic carbocycles. The van der Waals surface area contributed by atoms with Gasteiger partial charge in [0, 0.05) is 32.1 Å². The molecule has 0 aromatic heterocycles. The number of carbonyl (C=O) groups is 2. The molecular formula is C19H29N3O4. The number of nitrogens with zero attached hydrogens (tertiary/aromatic N) is 1. The van der Waals surface area contributed by atoms with E-state index in [1.165, 1.54) is 26.2 Å². The SMILES string of the molecule is COc1ccc(N(CCNC(=O)NC2CCCCC2)C(C)=O)c(OC)c1. The third-order valence-corrected chi connectivity index (χ3v) is 4.62. The first kappa shape index (κ1) is 19.9. The predicted molar refractivity (Wildman–Crippen MR) is 101 cm³/mol. The van der Waals surface area contributed by atoms with Gasteiger partial charge in [-0.3, -0.25) is 4.79 Å². The molecule has 1 aliphatic rings. The Hall–Kier alpha value is -2.44. The Kier molecular flexibility index (Phi) is 7.56. The summed E-state index contributed by atoms with van der Waals surface area (Å²) in [5.41, 5.74) is 0.648. The maximum atomic E-state index is 12.1. The fraction of sp³-hybridized carbons (Fsp3) is 0.579. The largest absolute Gasteiger partial charge is 0.497 e. The van der Waals surface area contributed by atoms with Crippen LogP contribution in [0.1, 0.15) is 39.0 Å². The molecule has 1 saturated carbocycles. The molecule has 0 aliphatic heterocycles. The van der Waals surface area contributed by atoms with Crippen molar-refractivity contribution in [2.45, 2.75) is 45.1 Å². The number of nitrogens with one attached hydrogen (secondary N) is 2. The number of carbonyl (C=O) groups excluding carboxylic acids is 2. The number of urea groups is 1. The molecule has 1 fully saturated rings. The van der Waals surface area contributed by atoms with Crippen LogP contribution in [0.5, 0.6) is 11.5 Å². The zero-order valence-corrected chi connectivity index (χ0v) is 15.8. The number of rotatable bonds is 7. The molecule has 0 heterocycles. The first-order valence-corrected chi connectivity index (χ1v) is 9.09. The van der Waals surface area contributed by atoms with E-state index in [-0.39, 0.29) is 18.0 Å². The lowest BCUT2D eigenvalue weighted by Gasteiger charge is -2.25. The van der Waals surface area contributed by atoms with Crippen LogP contribution in [0.3, 0.4) is 0 Å². The van der Waals surface area contributed by atoms with Crippen molar-refractivity contribution in [3.63, 3.8) is 0 Å². The normalized spacial score (nSPS) is 14.4. The molecule has 0 saturated heterocycles. The highest BCUT2D eigenvalue weighted by molar-refractivity contribution is 5.93. The first-order chi connectivity index (χ1) is 12.5. The Balaban J connectivity index is 1.92. The minimum Gasteiger partial charge on any atom is -0.497 e. The van der Waals surface area contributed by atoms with Gasteiger partial charge in [0.25, 0.3) is 0 Å². The van der Waals surface area contributed by atoms with Crippen LogP contribution in [0.15, 0.2) is 18.2 Å². The minimum atomic E-state index is -0.179. The standard InChI is InChI=1S/C19H29N3O4/c1-14(23)22(17-10-9-16(25-2)13-18(17)26-3)12-11-20-19(24)21-15-7-5-4-6-8-15/h9-10,13,15H,4-8,11-12H2,1-3H3,(H2,20,21,24). The van der Waals surface area contributed by atoms with E-state index >= 15 is 0 Å². The van der Waals surface area contributed by atoms with Crippen LogP contribution in [-0.4, -0.2) is 45.3 Å². The van der Waals surface area contributed by atoms with Gasteiger partial charge in [-0.1, -0.05) is 19.3 Å². The van der Waals surface area contributed by atoms with Gasteiger partial charge in [0.05, 0.1) is 19.9 Å². The highest BCUT2D eigenvalue weighted by Gasteiger charge is 2.18. The molecule has 7 nitrogen and oxygen atoms in total. The van der Waals surface area contributed by atoms with Crippen LogP contribution in [-0.2, 0) is 4.79 Å². The fourth-order valence-corrected chi connectivity index (χ4v) is 3.22. The number of ether oxygens (including phenoxy) is 2. The zero-order chi connectivity index (χ0) is 18.9. The van der Waals surface area contributed by atoms with Crippen molar-refractivity contribution in [1.29, 1.82) is 0 Å². The highest BCUT2D eigenvalue weighted by Crippen LogP contribution is 2.32. The van der Waals surface area contributed by atoms with Gasteiger partial charge in [-0.2, -0.15) is 0 Å². The van der Waals surface area contributed by atoms with E-state index in [1.807, 2.05) is 0 Å². The van der Waals surface area contributed by atoms with Crippen molar-refractivity contribution in [3.05, 3.63) is 18.2 Å². The van der Waals surface area contributed by atoms with E-state index in [2.05, 4.69) is 10.6 Å². The van der Waals surface area contributed by atoms with Gasteiger partial charge in [-0.25, -0.2) is 4.79 Å². The summed E-state index contributed by atoms with van der Waals surface area (Å²) in [5, 5.41) is 5.84. The van der Waals surface area contributed by atoms with Gasteiger partial charge in [-0.15, -0.1) is 0 Å². The van der Waals surface area contributed by atoms with Crippen molar-refractivity contribution in [2.75, 3.05) is 32.2 Å². The van der Waals surface area contributed by atoms with Crippen LogP contribution in [0.2, 0.25) is 0 Å². The number of methoxy groups -OCH3 is 2. The summed E-state index contributed by atoms with van der Waals surface area (Å²) in [6.45, 7) is 2.20. The topological polar surface area (TPSA) is 79.9 Å². The lowest BCUT2D eigenvalue weighted by Crippen LogP contribution is -2.45. The highest BCUT2D eigenvalue weighted by atomic mass is 16.5. The summed E-state index contributed by atoms with van der Waals surface area (Å²) < 4.78 is 10.6. The second kappa shape index (κ2) is 9.89. The van der Waals surface area contributed by atoms with Crippen LogP contribution in [0, 0.1) is 0 Å². The van der Waals surface area contributed by atoms with E-state index in [9.17, 15) is 9.59 Å². The van der Waals surface area contributed by atoms with Crippen molar-refractivity contribution >= 4 is 17.6 Å². The molecule has 1 aromatic rings. The van der Waals surface area contributed by atoms with E-state index in [0.29, 0.717) is 30.3 Å². The maximum Gasteiger partial charge on any atom is 0.315 e. The lowest BCUT2D eigenvalue weighted by molar-refractivity contribution is -0.116. The number of amides is 3. The third kappa shape index (κ3) is 5.54. The molecule has 0 unspecified atom stereocenters. The first-order valence-electron chi connectivity index (χ1n) is 9.09. The number of hydrogen-bond acceptors (Lipinski definition) is 4. The molecule has 0 bridgehead atoms. The second-order valence-electron chi connectivity index (χ2n) is 6.44. The molecule has 144 valence electrons. The zero-order valence-electron chi connectivity index (χ0n) is 15.8. The Morgan fingerprint density at radius 2 is 1.88 bits per heavy atom. The molecule has 1 aliphatic carbocycles. The van der Waals surface area contributed by atoms with Gasteiger partial charge < -0.3 is 25.0 Å². The summed E-state index contributed by atoms with van der Waals surface area (Å²) in [4.78, 5) is 25.7. The van der Waals surface area contributed by atoms with Crippen molar-refractivity contribution < 1.29 is 19.1 Å². The molecule has 26 heavy (non-hydrogen) atoms. The van der Waals surface area contributed by atoms with Gasteiger partial charge in [0.1, 0.15) is 11.5 Å². The number of hydrogen-bond donors (Lipinski definition) is 2. The quantitative estimate of drug-likeness (QED) is 0.781. The second-order valence-corrected chi connectivity index (χ2v) is 6.44. The van der Waals surface area contributed by atoms with E-state index in [1.54, 1.807) is 37.3 Å². The average molecular weight is 363 g/mol. The molecule has 2 rings (SSSR count). The van der Waals surface area contributed by atoms with Gasteiger partial charge in [0.2, 0.25) is 5.91 Å². The number of anilines is 1. The summed E-state index contributed by atoms with van der Waals surface area (Å²) in [5.74, 6) is 1.08. The summed E-state index contributed by atoms with van der Waals surface area (Å²) >= 11 is 0. The average Bonchev–Trinajstić information content (AvgIpc) is 2.65. The summed E-state index contributed by atoms with van der Waals surface area (Å²) in [6.07, 6.45) is 5.66. The van der Waals surface area contributed by atoms with Crippen LogP contribution >= 0.6 is 0 Å². The monoisotopic (exact) mass is 363 g/mol. The van der Waals surface area contributed by atoms with Crippen molar-refractivity contribution in [1.82, 2.24) is 10.6 Å². The Morgan fingerprint density at radius 1 is 1.15 bits per heavy atom. The van der Waals surface area contributed by atoms with Gasteiger partial charge in [0.15, 0.2) is 0 Å². The van der Waals surface area contributed by atoms with E-state index in [0.717, 1.165) is 12.8 Å². The Labute approximate surface area is 155 Å². The predicted octanol–water partition coefficient (Wildman–Crippen LogP) is 2.69. The van der Waals surface area contributed by atoms with Crippen molar-refractivity contribution in [2.24, 2.45) is 0 Å². The minimum absolute atomic E-state index is 0.122. The smallest absolute Gasteiger partial charge is 0.315 e. The van der Waals surface area contributed by atoms with Crippen LogP contribution in [0.25, 0.3) is 0 Å². The van der Waals surface area contributed by atoms with E-state index in [4.69, 9.17) is 9.47 Å². The molecule has 0 spiro atoms. The molecule has 7 heteroatoms. The lowest BCUT2D eigenvalue weighted by atomic mass is 9.96. The van der Waals surface area contributed by atoms with Gasteiger partial charge >= 0.3 is 6.03 Å². The fourth-order valence-electron chi connectivity index (χ4n) is 3.22. The molecule has 3 amide bonds. The summed E-state index contributed by atoms with van der Waals surface area (Å²) in [6, 6.07) is 5.36. The third-order valence-electron chi connectivity index (χ3n) is 4.62. The number of benzene rings is 1.